The standard InChI is InChI=1S/C24H32ClN5O3/c1-4-13-29-21-20(22(31)28(5-2)24(29)32)30(15-16-11-12-19(33-3)18(25)14-16)23(27-21)26-17-9-7-6-8-10-17/h11-12,14,17H,4-10,13,15H2,1-3H3,(H,26,27). The summed E-state index contributed by atoms with van der Waals surface area (Å²) in [6, 6.07) is 5.90. The quantitative estimate of drug-likeness (QED) is 0.529. The first kappa shape index (κ1) is 23.4. The number of ether oxygens (including phenoxy) is 1. The molecule has 0 saturated heterocycles. The zero-order valence-corrected chi connectivity index (χ0v) is 20.3. The molecule has 2 aromatic heterocycles. The number of hydrogen-bond donors (Lipinski definition) is 1. The summed E-state index contributed by atoms with van der Waals surface area (Å²) in [7, 11) is 1.58. The van der Waals surface area contributed by atoms with Gasteiger partial charge in [0.05, 0.1) is 18.7 Å². The van der Waals surface area contributed by atoms with Crippen LogP contribution in [0.1, 0.15) is 57.9 Å². The largest absolute Gasteiger partial charge is 0.495 e. The van der Waals surface area contributed by atoms with Gasteiger partial charge in [-0.25, -0.2) is 4.79 Å². The van der Waals surface area contributed by atoms with Gasteiger partial charge in [-0.05, 0) is 43.9 Å². The number of fused-ring (bicyclic) bond motifs is 1. The third-order valence-corrected chi connectivity index (χ3v) is 6.67. The van der Waals surface area contributed by atoms with Gasteiger partial charge in [-0.2, -0.15) is 4.98 Å². The topological polar surface area (TPSA) is 83.1 Å². The van der Waals surface area contributed by atoms with Gasteiger partial charge in [0, 0.05) is 19.1 Å². The van der Waals surface area contributed by atoms with Gasteiger partial charge < -0.3 is 10.1 Å². The first-order valence-corrected chi connectivity index (χ1v) is 12.2. The molecule has 178 valence electrons. The number of rotatable bonds is 8. The number of nitrogens with zero attached hydrogens (tertiary/aromatic N) is 4. The summed E-state index contributed by atoms with van der Waals surface area (Å²) in [5, 5.41) is 4.09. The number of imidazole rings is 1. The van der Waals surface area contributed by atoms with Gasteiger partial charge in [0.1, 0.15) is 5.75 Å². The first-order valence-electron chi connectivity index (χ1n) is 11.8. The van der Waals surface area contributed by atoms with Crippen molar-refractivity contribution in [2.45, 2.75) is 78.0 Å². The fraction of sp³-hybridized carbons (Fsp3) is 0.542. The zero-order valence-electron chi connectivity index (χ0n) is 19.6. The van der Waals surface area contributed by atoms with E-state index in [1.54, 1.807) is 11.7 Å². The lowest BCUT2D eigenvalue weighted by atomic mass is 9.96. The van der Waals surface area contributed by atoms with E-state index in [1.807, 2.05) is 36.6 Å². The second-order valence-electron chi connectivity index (χ2n) is 8.63. The van der Waals surface area contributed by atoms with Gasteiger partial charge in [0.2, 0.25) is 5.95 Å². The minimum absolute atomic E-state index is 0.300. The predicted molar refractivity (Wildman–Crippen MR) is 132 cm³/mol. The molecule has 1 aliphatic rings. The highest BCUT2D eigenvalue weighted by Crippen LogP contribution is 2.28. The maximum absolute atomic E-state index is 13.4. The van der Waals surface area contributed by atoms with Crippen molar-refractivity contribution in [3.63, 3.8) is 0 Å². The minimum atomic E-state index is -0.311. The molecule has 9 heteroatoms. The van der Waals surface area contributed by atoms with E-state index in [9.17, 15) is 9.59 Å². The molecule has 0 spiro atoms. The van der Waals surface area contributed by atoms with Crippen LogP contribution in [0.5, 0.6) is 5.75 Å². The van der Waals surface area contributed by atoms with Gasteiger partial charge in [-0.1, -0.05) is 43.9 Å². The van der Waals surface area contributed by atoms with Crippen LogP contribution < -0.4 is 21.3 Å². The zero-order chi connectivity index (χ0) is 23.5. The molecular weight excluding hydrogens is 442 g/mol. The third kappa shape index (κ3) is 4.53. The molecule has 0 radical (unpaired) electrons. The number of anilines is 1. The van der Waals surface area contributed by atoms with E-state index in [2.05, 4.69) is 5.32 Å². The molecule has 2 heterocycles. The second-order valence-corrected chi connectivity index (χ2v) is 9.03. The number of aryl methyl sites for hydroxylation is 1. The maximum atomic E-state index is 13.4. The summed E-state index contributed by atoms with van der Waals surface area (Å²) in [4.78, 5) is 31.3. The van der Waals surface area contributed by atoms with Crippen LogP contribution in [-0.2, 0) is 19.6 Å². The van der Waals surface area contributed by atoms with Crippen LogP contribution in [0.4, 0.5) is 5.95 Å². The Morgan fingerprint density at radius 3 is 2.52 bits per heavy atom. The van der Waals surface area contributed by atoms with E-state index in [-0.39, 0.29) is 11.2 Å². The molecule has 3 aromatic rings. The van der Waals surface area contributed by atoms with E-state index in [1.165, 1.54) is 23.8 Å². The molecular formula is C24H32ClN5O3. The summed E-state index contributed by atoms with van der Waals surface area (Å²) >= 11 is 6.37. The number of benzene rings is 1. The Balaban J connectivity index is 1.91. The highest BCUT2D eigenvalue weighted by atomic mass is 35.5. The highest BCUT2D eigenvalue weighted by Gasteiger charge is 2.23. The van der Waals surface area contributed by atoms with E-state index < -0.39 is 0 Å². The molecule has 0 amide bonds. The summed E-state index contributed by atoms with van der Waals surface area (Å²) in [6.45, 7) is 5.04. The molecule has 1 N–H and O–H groups in total. The van der Waals surface area contributed by atoms with E-state index >= 15 is 0 Å². The number of hydrogen-bond acceptors (Lipinski definition) is 5. The number of aromatic nitrogens is 4. The van der Waals surface area contributed by atoms with E-state index in [4.69, 9.17) is 21.3 Å². The average molecular weight is 474 g/mol. The first-order chi connectivity index (χ1) is 16.0. The van der Waals surface area contributed by atoms with Crippen molar-refractivity contribution in [2.24, 2.45) is 0 Å². The summed E-state index contributed by atoms with van der Waals surface area (Å²) < 4.78 is 10.1. The SMILES string of the molecule is CCCn1c(=O)n(CC)c(=O)c2c1nc(NC1CCCCC1)n2Cc1ccc(OC)c(Cl)c1. The van der Waals surface area contributed by atoms with Crippen molar-refractivity contribution in [1.82, 2.24) is 18.7 Å². The van der Waals surface area contributed by atoms with Crippen LogP contribution >= 0.6 is 11.6 Å². The van der Waals surface area contributed by atoms with Gasteiger partial charge in [-0.3, -0.25) is 18.5 Å². The van der Waals surface area contributed by atoms with Crippen LogP contribution in [0.15, 0.2) is 27.8 Å². The molecule has 0 atom stereocenters. The lowest BCUT2D eigenvalue weighted by Crippen LogP contribution is -2.40. The average Bonchev–Trinajstić information content (AvgIpc) is 3.15. The van der Waals surface area contributed by atoms with Gasteiger partial charge in [-0.15, -0.1) is 0 Å². The molecule has 0 aliphatic heterocycles. The van der Waals surface area contributed by atoms with Crippen molar-refractivity contribution >= 4 is 28.7 Å². The summed E-state index contributed by atoms with van der Waals surface area (Å²) in [5.41, 5.74) is 1.18. The second kappa shape index (κ2) is 10.0. The van der Waals surface area contributed by atoms with Crippen molar-refractivity contribution in [1.29, 1.82) is 0 Å². The molecule has 1 aliphatic carbocycles. The fourth-order valence-corrected chi connectivity index (χ4v) is 4.96. The lowest BCUT2D eigenvalue weighted by molar-refractivity contribution is 0.415. The summed E-state index contributed by atoms with van der Waals surface area (Å²) in [6.07, 6.45) is 6.50. The Morgan fingerprint density at radius 2 is 1.88 bits per heavy atom. The Morgan fingerprint density at radius 1 is 1.12 bits per heavy atom. The molecule has 1 fully saturated rings. The smallest absolute Gasteiger partial charge is 0.332 e. The number of halogens is 1. The Labute approximate surface area is 198 Å². The molecule has 0 bridgehead atoms. The van der Waals surface area contributed by atoms with Crippen LogP contribution in [0.2, 0.25) is 5.02 Å². The van der Waals surface area contributed by atoms with Crippen molar-refractivity contribution in [3.05, 3.63) is 49.6 Å². The van der Waals surface area contributed by atoms with E-state index in [0.29, 0.717) is 53.6 Å². The Hall–Kier alpha value is -2.74. The van der Waals surface area contributed by atoms with Crippen LogP contribution in [0.25, 0.3) is 11.2 Å². The normalized spacial score (nSPS) is 14.7. The van der Waals surface area contributed by atoms with Crippen LogP contribution in [-0.4, -0.2) is 31.8 Å². The third-order valence-electron chi connectivity index (χ3n) is 6.37. The lowest BCUT2D eigenvalue weighted by Gasteiger charge is -2.23. The molecule has 0 unspecified atom stereocenters. The van der Waals surface area contributed by atoms with Gasteiger partial charge in [0.15, 0.2) is 11.2 Å². The minimum Gasteiger partial charge on any atom is -0.495 e. The molecule has 33 heavy (non-hydrogen) atoms. The molecule has 8 nitrogen and oxygen atoms in total. The van der Waals surface area contributed by atoms with Gasteiger partial charge >= 0.3 is 5.69 Å². The Kier molecular flexibility index (Phi) is 7.12. The molecule has 1 saturated carbocycles. The number of methoxy groups -OCH3 is 1. The molecule has 1 aromatic carbocycles. The summed E-state index contributed by atoms with van der Waals surface area (Å²) in [5.74, 6) is 1.22. The highest BCUT2D eigenvalue weighted by molar-refractivity contribution is 6.32. The van der Waals surface area contributed by atoms with Crippen molar-refractivity contribution < 1.29 is 4.74 Å². The molecule has 4 rings (SSSR count). The fourth-order valence-electron chi connectivity index (χ4n) is 4.68. The van der Waals surface area contributed by atoms with Crippen molar-refractivity contribution in [3.8, 4) is 5.75 Å². The van der Waals surface area contributed by atoms with Crippen LogP contribution in [0.3, 0.4) is 0 Å². The maximum Gasteiger partial charge on any atom is 0.332 e. The van der Waals surface area contributed by atoms with Crippen LogP contribution in [0, 0.1) is 0 Å². The van der Waals surface area contributed by atoms with Gasteiger partial charge in [0.25, 0.3) is 5.56 Å². The van der Waals surface area contributed by atoms with E-state index in [0.717, 1.165) is 24.8 Å². The number of nitrogens with one attached hydrogen (secondary N) is 1. The Bertz CT molecular complexity index is 1250. The predicted octanol–water partition coefficient (Wildman–Crippen LogP) is 4.24. The van der Waals surface area contributed by atoms with Crippen molar-refractivity contribution in [2.75, 3.05) is 12.4 Å². The monoisotopic (exact) mass is 473 g/mol.